The maximum atomic E-state index is 8.91. The van der Waals surface area contributed by atoms with Crippen LogP contribution in [0.15, 0.2) is 35.5 Å². The Bertz CT molecular complexity index is 396. The monoisotopic (exact) mass is 189 g/mol. The van der Waals surface area contributed by atoms with Gasteiger partial charge in [0, 0.05) is 12.7 Å². The van der Waals surface area contributed by atoms with Crippen molar-refractivity contribution in [2.24, 2.45) is 5.16 Å². The van der Waals surface area contributed by atoms with Crippen LogP contribution in [-0.2, 0) is 4.74 Å². The Labute approximate surface area is 82.3 Å². The first kappa shape index (κ1) is 8.97. The average molecular weight is 189 g/mol. The first-order valence-electron chi connectivity index (χ1n) is 4.39. The highest BCUT2D eigenvalue weighted by Crippen LogP contribution is 2.20. The average Bonchev–Trinajstić information content (AvgIpc) is 2.27. The lowest BCUT2D eigenvalue weighted by atomic mass is 9.94. The van der Waals surface area contributed by atoms with E-state index >= 15 is 0 Å². The maximum absolute atomic E-state index is 8.91. The van der Waals surface area contributed by atoms with Gasteiger partial charge in [-0.1, -0.05) is 35.5 Å². The predicted octanol–water partition coefficient (Wildman–Crippen LogP) is 1.91. The molecule has 0 radical (unpaired) electrons. The van der Waals surface area contributed by atoms with E-state index in [1.165, 1.54) is 0 Å². The third-order valence-electron chi connectivity index (χ3n) is 2.32. The number of fused-ring (bicyclic) bond motifs is 1. The summed E-state index contributed by atoms with van der Waals surface area (Å²) in [4.78, 5) is 0. The molecule has 1 N–H and O–H groups in total. The number of rotatable bonds is 1. The molecule has 0 heterocycles. The van der Waals surface area contributed by atoms with Gasteiger partial charge in [0.15, 0.2) is 0 Å². The lowest BCUT2D eigenvalue weighted by Gasteiger charge is -2.18. The first-order chi connectivity index (χ1) is 6.86. The molecule has 1 aliphatic rings. The van der Waals surface area contributed by atoms with E-state index in [-0.39, 0.29) is 6.10 Å². The molecule has 1 atom stereocenters. The summed E-state index contributed by atoms with van der Waals surface area (Å²) in [5.41, 5.74) is 2.53. The van der Waals surface area contributed by atoms with Gasteiger partial charge in [-0.05, 0) is 11.6 Å². The standard InChI is InChI=1S/C11H11NO2/c1-14-10-7-6-8-4-2-3-5-9(8)11(10)12-13/h2-7,10,13H,1H3/b12-11+. The number of oxime groups is 1. The largest absolute Gasteiger partial charge is 0.411 e. The van der Waals surface area contributed by atoms with Crippen molar-refractivity contribution < 1.29 is 9.94 Å². The summed E-state index contributed by atoms with van der Waals surface area (Å²) in [5.74, 6) is 0. The minimum Gasteiger partial charge on any atom is -0.411 e. The number of methoxy groups -OCH3 is 1. The summed E-state index contributed by atoms with van der Waals surface area (Å²) < 4.78 is 5.17. The van der Waals surface area contributed by atoms with Gasteiger partial charge in [0.2, 0.25) is 0 Å². The van der Waals surface area contributed by atoms with Gasteiger partial charge < -0.3 is 9.94 Å². The topological polar surface area (TPSA) is 41.8 Å². The third kappa shape index (κ3) is 1.32. The smallest absolute Gasteiger partial charge is 0.121 e. The molecule has 0 aromatic heterocycles. The van der Waals surface area contributed by atoms with Gasteiger partial charge in [0.25, 0.3) is 0 Å². The molecule has 0 saturated heterocycles. The highest BCUT2D eigenvalue weighted by Gasteiger charge is 2.20. The molecule has 0 bridgehead atoms. The Morgan fingerprint density at radius 2 is 2.14 bits per heavy atom. The molecule has 2 rings (SSSR count). The van der Waals surface area contributed by atoms with Crippen molar-refractivity contribution in [3.8, 4) is 0 Å². The van der Waals surface area contributed by atoms with Crippen molar-refractivity contribution in [3.05, 3.63) is 41.5 Å². The molecule has 1 aromatic rings. The molecule has 1 unspecified atom stereocenters. The Kier molecular flexibility index (Phi) is 2.33. The van der Waals surface area contributed by atoms with E-state index < -0.39 is 0 Å². The van der Waals surface area contributed by atoms with Crippen LogP contribution in [0.4, 0.5) is 0 Å². The van der Waals surface area contributed by atoms with Crippen LogP contribution in [0.5, 0.6) is 0 Å². The van der Waals surface area contributed by atoms with E-state index in [1.54, 1.807) is 7.11 Å². The van der Waals surface area contributed by atoms with Crippen LogP contribution in [0.1, 0.15) is 11.1 Å². The molecule has 1 aliphatic carbocycles. The van der Waals surface area contributed by atoms with E-state index in [1.807, 2.05) is 36.4 Å². The van der Waals surface area contributed by atoms with Crippen LogP contribution in [0.25, 0.3) is 6.08 Å². The van der Waals surface area contributed by atoms with E-state index in [0.29, 0.717) is 5.71 Å². The summed E-state index contributed by atoms with van der Waals surface area (Å²) in [6.45, 7) is 0. The van der Waals surface area contributed by atoms with Gasteiger partial charge in [-0.2, -0.15) is 0 Å². The molecule has 0 saturated carbocycles. The number of benzene rings is 1. The van der Waals surface area contributed by atoms with Gasteiger partial charge in [-0.25, -0.2) is 0 Å². The fourth-order valence-corrected chi connectivity index (χ4v) is 1.61. The van der Waals surface area contributed by atoms with Crippen molar-refractivity contribution in [1.82, 2.24) is 0 Å². The van der Waals surface area contributed by atoms with Crippen LogP contribution < -0.4 is 0 Å². The molecule has 0 aliphatic heterocycles. The third-order valence-corrected chi connectivity index (χ3v) is 2.32. The Hall–Kier alpha value is -1.61. The normalized spacial score (nSPS) is 22.4. The van der Waals surface area contributed by atoms with Crippen LogP contribution in [0.2, 0.25) is 0 Å². The van der Waals surface area contributed by atoms with Crippen LogP contribution >= 0.6 is 0 Å². The Balaban J connectivity index is 2.53. The lowest BCUT2D eigenvalue weighted by Crippen LogP contribution is -2.25. The highest BCUT2D eigenvalue weighted by molar-refractivity contribution is 6.09. The number of hydrogen-bond acceptors (Lipinski definition) is 3. The second-order valence-electron chi connectivity index (χ2n) is 3.09. The van der Waals surface area contributed by atoms with Crippen molar-refractivity contribution >= 4 is 11.8 Å². The van der Waals surface area contributed by atoms with Gasteiger partial charge in [-0.15, -0.1) is 0 Å². The van der Waals surface area contributed by atoms with Gasteiger partial charge in [0.05, 0.1) is 0 Å². The molecule has 14 heavy (non-hydrogen) atoms. The quantitative estimate of drug-likeness (QED) is 0.541. The minimum atomic E-state index is -0.255. The van der Waals surface area contributed by atoms with Crippen molar-refractivity contribution in [2.75, 3.05) is 7.11 Å². The van der Waals surface area contributed by atoms with E-state index in [4.69, 9.17) is 9.94 Å². The SMILES string of the molecule is COC1C=Cc2ccccc2/C1=N\O. The van der Waals surface area contributed by atoms with Crippen molar-refractivity contribution in [1.29, 1.82) is 0 Å². The Morgan fingerprint density at radius 1 is 1.36 bits per heavy atom. The summed E-state index contributed by atoms with van der Waals surface area (Å²) in [7, 11) is 1.59. The van der Waals surface area contributed by atoms with E-state index in [2.05, 4.69) is 5.16 Å². The Morgan fingerprint density at radius 3 is 2.86 bits per heavy atom. The highest BCUT2D eigenvalue weighted by atomic mass is 16.5. The van der Waals surface area contributed by atoms with Crippen molar-refractivity contribution in [2.45, 2.75) is 6.10 Å². The first-order valence-corrected chi connectivity index (χ1v) is 4.39. The van der Waals surface area contributed by atoms with Crippen LogP contribution in [0, 0.1) is 0 Å². The van der Waals surface area contributed by atoms with Gasteiger partial charge >= 0.3 is 0 Å². The summed E-state index contributed by atoms with van der Waals surface area (Å²) in [6, 6.07) is 7.75. The zero-order chi connectivity index (χ0) is 9.97. The second kappa shape index (κ2) is 3.64. The molecular weight excluding hydrogens is 178 g/mol. The molecule has 0 spiro atoms. The van der Waals surface area contributed by atoms with E-state index in [0.717, 1.165) is 11.1 Å². The molecule has 3 heteroatoms. The molecule has 0 amide bonds. The molecule has 72 valence electrons. The summed E-state index contributed by atoms with van der Waals surface area (Å²) in [6.07, 6.45) is 3.59. The van der Waals surface area contributed by atoms with Crippen LogP contribution in [-0.4, -0.2) is 24.1 Å². The predicted molar refractivity (Wildman–Crippen MR) is 54.6 cm³/mol. The zero-order valence-corrected chi connectivity index (χ0v) is 7.84. The van der Waals surface area contributed by atoms with Gasteiger partial charge in [0.1, 0.15) is 11.8 Å². The summed E-state index contributed by atoms with van der Waals surface area (Å²) >= 11 is 0. The second-order valence-corrected chi connectivity index (χ2v) is 3.09. The molecular formula is C11H11NO2. The van der Waals surface area contributed by atoms with Gasteiger partial charge in [-0.3, -0.25) is 0 Å². The minimum absolute atomic E-state index is 0.255. The molecule has 3 nitrogen and oxygen atoms in total. The fourth-order valence-electron chi connectivity index (χ4n) is 1.61. The van der Waals surface area contributed by atoms with Crippen LogP contribution in [0.3, 0.4) is 0 Å². The zero-order valence-electron chi connectivity index (χ0n) is 7.84. The fraction of sp³-hybridized carbons (Fsp3) is 0.182. The number of hydrogen-bond donors (Lipinski definition) is 1. The lowest BCUT2D eigenvalue weighted by molar-refractivity contribution is 0.186. The maximum Gasteiger partial charge on any atom is 0.121 e. The number of nitrogens with zero attached hydrogens (tertiary/aromatic N) is 1. The molecule has 1 aromatic carbocycles. The van der Waals surface area contributed by atoms with Crippen molar-refractivity contribution in [3.63, 3.8) is 0 Å². The van der Waals surface area contributed by atoms with E-state index in [9.17, 15) is 0 Å². The number of ether oxygens (including phenoxy) is 1. The summed E-state index contributed by atoms with van der Waals surface area (Å²) in [5, 5.41) is 12.2. The molecule has 0 fully saturated rings.